The Morgan fingerprint density at radius 1 is 1.58 bits per heavy atom. The molecule has 0 fully saturated rings. The third-order valence-corrected chi connectivity index (χ3v) is 4.40. The van der Waals surface area contributed by atoms with Gasteiger partial charge in [0.15, 0.2) is 0 Å². The van der Waals surface area contributed by atoms with Crippen LogP contribution in [0.2, 0.25) is 0 Å². The highest BCUT2D eigenvalue weighted by molar-refractivity contribution is 7.10. The van der Waals surface area contributed by atoms with Crippen LogP contribution in [0.4, 0.5) is 4.79 Å². The normalized spacial score (nSPS) is 15.8. The number of rotatable bonds is 3. The van der Waals surface area contributed by atoms with Crippen molar-refractivity contribution in [3.8, 4) is 0 Å². The van der Waals surface area contributed by atoms with Gasteiger partial charge in [-0.05, 0) is 23.4 Å². The zero-order valence-electron chi connectivity index (χ0n) is 11.1. The highest BCUT2D eigenvalue weighted by atomic mass is 32.1. The second-order valence-electron chi connectivity index (χ2n) is 4.94. The summed E-state index contributed by atoms with van der Waals surface area (Å²) in [5.74, 6) is -1.42. The molecule has 19 heavy (non-hydrogen) atoms. The lowest BCUT2D eigenvalue weighted by molar-refractivity contribution is -0.141. The molecule has 6 heteroatoms. The summed E-state index contributed by atoms with van der Waals surface area (Å²) in [7, 11) is 1.66. The van der Waals surface area contributed by atoms with Gasteiger partial charge >= 0.3 is 12.0 Å². The molecule has 1 aromatic heterocycles. The lowest BCUT2D eigenvalue weighted by atomic mass is 10.1. The van der Waals surface area contributed by atoms with Gasteiger partial charge in [-0.1, -0.05) is 6.92 Å². The van der Waals surface area contributed by atoms with Crippen molar-refractivity contribution in [1.82, 2.24) is 9.80 Å². The molecule has 104 valence electrons. The number of carboxylic acid groups (broad SMARTS) is 1. The first-order valence-electron chi connectivity index (χ1n) is 6.27. The minimum absolute atomic E-state index is 0.0926. The highest BCUT2D eigenvalue weighted by Gasteiger charge is 2.25. The van der Waals surface area contributed by atoms with Crippen molar-refractivity contribution in [2.24, 2.45) is 5.92 Å². The molecule has 0 saturated carbocycles. The molecule has 1 aromatic rings. The van der Waals surface area contributed by atoms with Crippen LogP contribution in [0, 0.1) is 5.92 Å². The topological polar surface area (TPSA) is 60.9 Å². The Bertz CT molecular complexity index is 486. The first kappa shape index (κ1) is 13.9. The molecule has 0 bridgehead atoms. The smallest absolute Gasteiger partial charge is 0.320 e. The molecule has 0 saturated heterocycles. The van der Waals surface area contributed by atoms with E-state index in [1.54, 1.807) is 30.2 Å². The summed E-state index contributed by atoms with van der Waals surface area (Å²) in [6.45, 7) is 3.18. The van der Waals surface area contributed by atoms with Gasteiger partial charge in [-0.2, -0.15) is 0 Å². The monoisotopic (exact) mass is 282 g/mol. The van der Waals surface area contributed by atoms with E-state index >= 15 is 0 Å². The third kappa shape index (κ3) is 3.07. The van der Waals surface area contributed by atoms with Crippen LogP contribution in [-0.4, -0.2) is 47.0 Å². The molecule has 1 aliphatic heterocycles. The molecule has 2 heterocycles. The van der Waals surface area contributed by atoms with Gasteiger partial charge in [-0.3, -0.25) is 4.79 Å². The van der Waals surface area contributed by atoms with Crippen LogP contribution in [0.25, 0.3) is 0 Å². The Morgan fingerprint density at radius 2 is 2.32 bits per heavy atom. The van der Waals surface area contributed by atoms with E-state index in [1.165, 1.54) is 15.3 Å². The Balaban J connectivity index is 1.95. The molecule has 2 amide bonds. The fourth-order valence-electron chi connectivity index (χ4n) is 2.22. The molecule has 0 radical (unpaired) electrons. The summed E-state index contributed by atoms with van der Waals surface area (Å²) >= 11 is 1.73. The number of hydrogen-bond acceptors (Lipinski definition) is 3. The minimum Gasteiger partial charge on any atom is -0.481 e. The number of fused-ring (bicyclic) bond motifs is 1. The first-order valence-corrected chi connectivity index (χ1v) is 7.15. The summed E-state index contributed by atoms with van der Waals surface area (Å²) in [4.78, 5) is 27.7. The van der Waals surface area contributed by atoms with E-state index in [-0.39, 0.29) is 12.6 Å². The zero-order chi connectivity index (χ0) is 14.0. The molecule has 0 aliphatic carbocycles. The van der Waals surface area contributed by atoms with Gasteiger partial charge < -0.3 is 14.9 Å². The zero-order valence-corrected chi connectivity index (χ0v) is 11.9. The molecule has 0 aromatic carbocycles. The molecule has 2 rings (SSSR count). The average Bonchev–Trinajstić information content (AvgIpc) is 2.84. The molecule has 0 spiro atoms. The first-order chi connectivity index (χ1) is 8.99. The van der Waals surface area contributed by atoms with Crippen LogP contribution in [0.3, 0.4) is 0 Å². The Morgan fingerprint density at radius 3 is 3.00 bits per heavy atom. The largest absolute Gasteiger partial charge is 0.481 e. The average molecular weight is 282 g/mol. The van der Waals surface area contributed by atoms with Gasteiger partial charge in [0.1, 0.15) is 0 Å². The van der Waals surface area contributed by atoms with Crippen LogP contribution < -0.4 is 0 Å². The van der Waals surface area contributed by atoms with Crippen LogP contribution >= 0.6 is 11.3 Å². The number of thiophene rings is 1. The molecule has 1 aliphatic rings. The Kier molecular flexibility index (Phi) is 4.09. The van der Waals surface area contributed by atoms with Crippen LogP contribution in [0.15, 0.2) is 11.4 Å². The Labute approximate surface area is 116 Å². The lowest BCUT2D eigenvalue weighted by Crippen LogP contribution is -2.45. The number of carbonyl (C=O) groups is 2. The van der Waals surface area contributed by atoms with Gasteiger partial charge in [0.05, 0.1) is 5.92 Å². The van der Waals surface area contributed by atoms with Crippen molar-refractivity contribution in [3.63, 3.8) is 0 Å². The van der Waals surface area contributed by atoms with Crippen molar-refractivity contribution in [2.75, 3.05) is 20.1 Å². The SMILES string of the molecule is CC(CN(C)C(=O)N1CCc2sccc2C1)C(=O)O. The summed E-state index contributed by atoms with van der Waals surface area (Å²) in [5, 5.41) is 10.9. The van der Waals surface area contributed by atoms with Gasteiger partial charge in [0, 0.05) is 31.6 Å². The van der Waals surface area contributed by atoms with Crippen molar-refractivity contribution in [3.05, 3.63) is 21.9 Å². The summed E-state index contributed by atoms with van der Waals surface area (Å²) in [6.07, 6.45) is 0.890. The van der Waals surface area contributed by atoms with Crippen molar-refractivity contribution in [2.45, 2.75) is 19.9 Å². The summed E-state index contributed by atoms with van der Waals surface area (Å²) < 4.78 is 0. The fraction of sp³-hybridized carbons (Fsp3) is 0.538. The molecular formula is C13H18N2O3S. The maximum absolute atomic E-state index is 12.3. The Hall–Kier alpha value is -1.56. The van der Waals surface area contributed by atoms with Crippen LogP contribution in [0.1, 0.15) is 17.4 Å². The van der Waals surface area contributed by atoms with E-state index in [2.05, 4.69) is 11.4 Å². The predicted molar refractivity (Wildman–Crippen MR) is 73.3 cm³/mol. The molecule has 1 atom stereocenters. The standard InChI is InChI=1S/C13H18N2O3S/c1-9(12(16)17)7-14(2)13(18)15-5-3-11-10(8-15)4-6-19-11/h4,6,9H,3,5,7-8H2,1-2H3,(H,16,17). The third-order valence-electron chi connectivity index (χ3n) is 3.37. The van der Waals surface area contributed by atoms with Crippen molar-refractivity contribution < 1.29 is 14.7 Å². The summed E-state index contributed by atoms with van der Waals surface area (Å²) in [5.41, 5.74) is 1.21. The van der Waals surface area contributed by atoms with E-state index in [0.717, 1.165) is 6.42 Å². The number of carbonyl (C=O) groups excluding carboxylic acids is 1. The van der Waals surface area contributed by atoms with Gasteiger partial charge in [0.25, 0.3) is 0 Å². The molecular weight excluding hydrogens is 264 g/mol. The van der Waals surface area contributed by atoms with Gasteiger partial charge in [0.2, 0.25) is 0 Å². The number of urea groups is 1. The van der Waals surface area contributed by atoms with Crippen LogP contribution in [-0.2, 0) is 17.8 Å². The van der Waals surface area contributed by atoms with E-state index in [0.29, 0.717) is 13.1 Å². The predicted octanol–water partition coefficient (Wildman–Crippen LogP) is 1.88. The second kappa shape index (κ2) is 5.61. The number of hydrogen-bond donors (Lipinski definition) is 1. The van der Waals surface area contributed by atoms with E-state index in [4.69, 9.17) is 5.11 Å². The number of carboxylic acids is 1. The minimum atomic E-state index is -0.876. The number of amides is 2. The quantitative estimate of drug-likeness (QED) is 0.920. The van der Waals surface area contributed by atoms with Crippen LogP contribution in [0.5, 0.6) is 0 Å². The van der Waals surface area contributed by atoms with Gasteiger partial charge in [-0.15, -0.1) is 11.3 Å². The fourth-order valence-corrected chi connectivity index (χ4v) is 3.11. The number of nitrogens with zero attached hydrogens (tertiary/aromatic N) is 2. The van der Waals surface area contributed by atoms with E-state index in [9.17, 15) is 9.59 Å². The molecule has 5 nitrogen and oxygen atoms in total. The molecule has 1 N–H and O–H groups in total. The van der Waals surface area contributed by atoms with E-state index < -0.39 is 11.9 Å². The maximum Gasteiger partial charge on any atom is 0.320 e. The van der Waals surface area contributed by atoms with Gasteiger partial charge in [-0.25, -0.2) is 4.79 Å². The number of aliphatic carboxylic acids is 1. The van der Waals surface area contributed by atoms with E-state index in [1.807, 2.05) is 0 Å². The molecule has 1 unspecified atom stereocenters. The van der Waals surface area contributed by atoms with Crippen molar-refractivity contribution >= 4 is 23.3 Å². The van der Waals surface area contributed by atoms with Crippen molar-refractivity contribution in [1.29, 1.82) is 0 Å². The lowest BCUT2D eigenvalue weighted by Gasteiger charge is -2.31. The maximum atomic E-state index is 12.3. The second-order valence-corrected chi connectivity index (χ2v) is 5.94. The summed E-state index contributed by atoms with van der Waals surface area (Å²) in [6, 6.07) is 1.96. The highest BCUT2D eigenvalue weighted by Crippen LogP contribution is 2.24.